The second kappa shape index (κ2) is 8.42. The van der Waals surface area contributed by atoms with Crippen LogP contribution in [0.2, 0.25) is 0 Å². The molecule has 7 heteroatoms. The summed E-state index contributed by atoms with van der Waals surface area (Å²) in [4.78, 5) is 22.9. The molecule has 0 aromatic rings. The zero-order valence-corrected chi connectivity index (χ0v) is 23.8. The van der Waals surface area contributed by atoms with E-state index >= 15 is 0 Å². The molecule has 3 heterocycles. The van der Waals surface area contributed by atoms with Gasteiger partial charge < -0.3 is 23.7 Å². The van der Waals surface area contributed by atoms with Crippen molar-refractivity contribution in [2.24, 2.45) is 46.3 Å². The van der Waals surface area contributed by atoms with Crippen LogP contribution in [0.5, 0.6) is 0 Å². The highest BCUT2D eigenvalue weighted by Crippen LogP contribution is 2.75. The first-order chi connectivity index (χ1) is 18.0. The summed E-state index contributed by atoms with van der Waals surface area (Å²) in [5.74, 6) is 2.31. The molecule has 212 valence electrons. The predicted octanol–water partition coefficient (Wildman–Crippen LogP) is 5.04. The van der Waals surface area contributed by atoms with Gasteiger partial charge in [-0.05, 0) is 74.0 Å². The number of esters is 2. The third-order valence-corrected chi connectivity index (χ3v) is 13.0. The molecule has 13 atom stereocenters. The SMILES string of the molecule is CC(=O)OCC1CC[C@@]2(OC1)O[C@H]1C[C@H]3[C@@H]4CC5OC56CC(OC(C)=O)CC[C@]6(C)[C@H]4CC[C@]3(C)[C@H]1[C@@H]2C. The molecule has 0 bridgehead atoms. The molecule has 0 aromatic carbocycles. The summed E-state index contributed by atoms with van der Waals surface area (Å²) in [7, 11) is 0. The van der Waals surface area contributed by atoms with Crippen molar-refractivity contribution in [3.05, 3.63) is 0 Å². The molecule has 0 radical (unpaired) electrons. The van der Waals surface area contributed by atoms with Crippen LogP contribution in [-0.2, 0) is 33.3 Å². The van der Waals surface area contributed by atoms with Gasteiger partial charge in [-0.3, -0.25) is 9.59 Å². The average molecular weight is 531 g/mol. The Balaban J connectivity index is 1.07. The van der Waals surface area contributed by atoms with Crippen molar-refractivity contribution in [1.82, 2.24) is 0 Å². The third-order valence-electron chi connectivity index (χ3n) is 13.0. The van der Waals surface area contributed by atoms with Gasteiger partial charge in [0.15, 0.2) is 5.79 Å². The lowest BCUT2D eigenvalue weighted by Crippen LogP contribution is -2.59. The van der Waals surface area contributed by atoms with Gasteiger partial charge in [-0.25, -0.2) is 0 Å². The normalized spacial score (nSPS) is 56.2. The minimum atomic E-state index is -0.477. The Bertz CT molecular complexity index is 1000. The Hall–Kier alpha value is -1.18. The molecule has 3 saturated heterocycles. The predicted molar refractivity (Wildman–Crippen MR) is 138 cm³/mol. The first-order valence-electron chi connectivity index (χ1n) is 15.3. The molecule has 7 nitrogen and oxygen atoms in total. The molecule has 7 rings (SSSR count). The van der Waals surface area contributed by atoms with Crippen molar-refractivity contribution < 1.29 is 33.3 Å². The van der Waals surface area contributed by atoms with Crippen molar-refractivity contribution in [2.45, 2.75) is 122 Å². The lowest BCUT2D eigenvalue weighted by atomic mass is 9.44. The van der Waals surface area contributed by atoms with Gasteiger partial charge in [-0.1, -0.05) is 20.8 Å². The average Bonchev–Trinajstić information content (AvgIpc) is 3.38. The van der Waals surface area contributed by atoms with E-state index in [0.29, 0.717) is 48.9 Å². The fourth-order valence-corrected chi connectivity index (χ4v) is 11.3. The van der Waals surface area contributed by atoms with Crippen molar-refractivity contribution in [2.75, 3.05) is 13.2 Å². The molecule has 0 N–H and O–H groups in total. The van der Waals surface area contributed by atoms with E-state index in [1.165, 1.54) is 26.7 Å². The van der Waals surface area contributed by atoms with E-state index in [1.54, 1.807) is 0 Å². The molecule has 3 aliphatic heterocycles. The number of ether oxygens (including phenoxy) is 5. The summed E-state index contributed by atoms with van der Waals surface area (Å²) in [6, 6.07) is 0. The number of hydrogen-bond donors (Lipinski definition) is 0. The van der Waals surface area contributed by atoms with Crippen molar-refractivity contribution in [3.8, 4) is 0 Å². The number of epoxide rings is 1. The molecule has 38 heavy (non-hydrogen) atoms. The molecule has 0 aromatic heterocycles. The molecule has 2 spiro atoms. The highest BCUT2D eigenvalue weighted by molar-refractivity contribution is 5.66. The number of hydrogen-bond acceptors (Lipinski definition) is 7. The Morgan fingerprint density at radius 1 is 0.947 bits per heavy atom. The fourth-order valence-electron chi connectivity index (χ4n) is 11.3. The van der Waals surface area contributed by atoms with Crippen LogP contribution in [0.25, 0.3) is 0 Å². The van der Waals surface area contributed by atoms with Gasteiger partial charge in [-0.2, -0.15) is 0 Å². The van der Waals surface area contributed by atoms with Crippen LogP contribution in [-0.4, -0.2) is 54.9 Å². The van der Waals surface area contributed by atoms with Gasteiger partial charge in [0, 0.05) is 43.9 Å². The van der Waals surface area contributed by atoms with Crippen LogP contribution < -0.4 is 0 Å². The molecular weight excluding hydrogens is 484 g/mol. The summed E-state index contributed by atoms with van der Waals surface area (Å²) < 4.78 is 31.0. The quantitative estimate of drug-likeness (QED) is 0.373. The van der Waals surface area contributed by atoms with Gasteiger partial charge in [-0.15, -0.1) is 0 Å². The van der Waals surface area contributed by atoms with Crippen LogP contribution >= 0.6 is 0 Å². The van der Waals surface area contributed by atoms with E-state index in [1.807, 2.05) is 0 Å². The third kappa shape index (κ3) is 3.43. The van der Waals surface area contributed by atoms with Crippen molar-refractivity contribution >= 4 is 11.9 Å². The van der Waals surface area contributed by atoms with Crippen molar-refractivity contribution in [1.29, 1.82) is 0 Å². The van der Waals surface area contributed by atoms with Gasteiger partial charge >= 0.3 is 11.9 Å². The first kappa shape index (κ1) is 25.8. The monoisotopic (exact) mass is 530 g/mol. The number of carbonyl (C=O) groups is 2. The topological polar surface area (TPSA) is 83.6 Å². The Morgan fingerprint density at radius 3 is 2.47 bits per heavy atom. The van der Waals surface area contributed by atoms with E-state index in [0.717, 1.165) is 44.9 Å². The minimum Gasteiger partial charge on any atom is -0.465 e. The maximum atomic E-state index is 11.7. The van der Waals surface area contributed by atoms with Crippen LogP contribution in [0.15, 0.2) is 0 Å². The lowest BCUT2D eigenvalue weighted by Gasteiger charge is -2.59. The van der Waals surface area contributed by atoms with E-state index in [9.17, 15) is 9.59 Å². The largest absolute Gasteiger partial charge is 0.465 e. The van der Waals surface area contributed by atoms with Gasteiger partial charge in [0.2, 0.25) is 0 Å². The Kier molecular flexibility index (Phi) is 5.71. The molecule has 4 unspecified atom stereocenters. The summed E-state index contributed by atoms with van der Waals surface area (Å²) >= 11 is 0. The molecule has 0 amide bonds. The summed E-state index contributed by atoms with van der Waals surface area (Å²) in [5, 5.41) is 0. The van der Waals surface area contributed by atoms with Crippen molar-refractivity contribution in [3.63, 3.8) is 0 Å². The molecule has 7 aliphatic rings. The lowest BCUT2D eigenvalue weighted by molar-refractivity contribution is -0.275. The smallest absolute Gasteiger partial charge is 0.302 e. The Labute approximate surface area is 227 Å². The van der Waals surface area contributed by atoms with Crippen LogP contribution in [0.3, 0.4) is 0 Å². The zero-order chi connectivity index (χ0) is 26.7. The molecular formula is C31H46O7. The van der Waals surface area contributed by atoms with Crippen LogP contribution in [0, 0.1) is 46.3 Å². The van der Waals surface area contributed by atoms with Crippen LogP contribution in [0.4, 0.5) is 0 Å². The highest BCUT2D eigenvalue weighted by Gasteiger charge is 2.77. The number of rotatable bonds is 3. The maximum absolute atomic E-state index is 11.7. The fraction of sp³-hybridized carbons (Fsp3) is 0.935. The molecule has 7 fully saturated rings. The van der Waals surface area contributed by atoms with E-state index in [4.69, 9.17) is 23.7 Å². The number of fused-ring (bicyclic) bond motifs is 6. The summed E-state index contributed by atoms with van der Waals surface area (Å²) in [6.07, 6.45) is 10.2. The van der Waals surface area contributed by atoms with E-state index in [2.05, 4.69) is 20.8 Å². The second-order valence-corrected chi connectivity index (χ2v) is 14.6. The highest BCUT2D eigenvalue weighted by atomic mass is 16.7. The van der Waals surface area contributed by atoms with E-state index < -0.39 is 5.79 Å². The standard InChI is InChI=1S/C31H46O7/c1-17-27-25(37-31(17)11-6-20(16-35-31)15-34-18(2)32)13-24-22-12-26-30(38-26)14-21(36-19(3)33)7-10-29(30,5)23(22)8-9-28(24,27)4/h17,20-27H,6-16H2,1-5H3/t17-,20?,21?,22+,23-,24-,25-,26?,27-,28-,29+,30?,31+/m0/s1. The molecule has 4 aliphatic carbocycles. The molecule has 4 saturated carbocycles. The maximum Gasteiger partial charge on any atom is 0.302 e. The second-order valence-electron chi connectivity index (χ2n) is 14.6. The van der Waals surface area contributed by atoms with Gasteiger partial charge in [0.25, 0.3) is 0 Å². The minimum absolute atomic E-state index is 0.0105. The number of carbonyl (C=O) groups excluding carboxylic acids is 2. The van der Waals surface area contributed by atoms with Gasteiger partial charge in [0.1, 0.15) is 11.7 Å². The first-order valence-corrected chi connectivity index (χ1v) is 15.3. The Morgan fingerprint density at radius 2 is 1.76 bits per heavy atom. The summed E-state index contributed by atoms with van der Waals surface area (Å²) in [5.41, 5.74) is 0.363. The van der Waals surface area contributed by atoms with Crippen LogP contribution in [0.1, 0.15) is 92.4 Å². The summed E-state index contributed by atoms with van der Waals surface area (Å²) in [6.45, 7) is 11.5. The zero-order valence-electron chi connectivity index (χ0n) is 23.8. The van der Waals surface area contributed by atoms with Gasteiger partial charge in [0.05, 0.1) is 25.4 Å². The van der Waals surface area contributed by atoms with E-state index in [-0.39, 0.29) is 46.5 Å².